The lowest BCUT2D eigenvalue weighted by atomic mass is 10.3. The van der Waals surface area contributed by atoms with E-state index in [-0.39, 0.29) is 11.6 Å². The molecule has 0 atom stereocenters. The molecular formula is C10H13FN2O2. The number of hydrogen-bond donors (Lipinski definition) is 1. The summed E-state index contributed by atoms with van der Waals surface area (Å²) in [6.45, 7) is 1.07. The van der Waals surface area contributed by atoms with Gasteiger partial charge in [-0.2, -0.15) is 4.39 Å². The van der Waals surface area contributed by atoms with E-state index in [9.17, 15) is 9.18 Å². The van der Waals surface area contributed by atoms with Gasteiger partial charge in [0.15, 0.2) is 0 Å². The Morgan fingerprint density at radius 2 is 2.40 bits per heavy atom. The summed E-state index contributed by atoms with van der Waals surface area (Å²) >= 11 is 0. The molecule has 0 radical (unpaired) electrons. The topological polar surface area (TPSA) is 51.2 Å². The standard InChI is InChI=1S/C10H13FN2O2/c1-15-7-3-6-12-10(14)8-4-2-5-9(11)13-8/h2,4-5H,3,6-7H2,1H3,(H,12,14). The van der Waals surface area contributed by atoms with Crippen molar-refractivity contribution in [1.82, 2.24) is 10.3 Å². The highest BCUT2D eigenvalue weighted by Gasteiger charge is 2.06. The molecule has 1 amide bonds. The van der Waals surface area contributed by atoms with Crippen LogP contribution in [0.2, 0.25) is 0 Å². The molecule has 0 aliphatic heterocycles. The van der Waals surface area contributed by atoms with Crippen molar-refractivity contribution in [3.63, 3.8) is 0 Å². The van der Waals surface area contributed by atoms with Crippen LogP contribution in [0.15, 0.2) is 18.2 Å². The van der Waals surface area contributed by atoms with E-state index in [2.05, 4.69) is 10.3 Å². The fraction of sp³-hybridized carbons (Fsp3) is 0.400. The number of nitrogens with one attached hydrogen (secondary N) is 1. The average molecular weight is 212 g/mol. The van der Waals surface area contributed by atoms with Crippen LogP contribution in [0.3, 0.4) is 0 Å². The number of carbonyl (C=O) groups excluding carboxylic acids is 1. The SMILES string of the molecule is COCCCNC(=O)c1cccc(F)n1. The van der Waals surface area contributed by atoms with Crippen molar-refractivity contribution in [2.45, 2.75) is 6.42 Å². The maximum atomic E-state index is 12.7. The van der Waals surface area contributed by atoms with Gasteiger partial charge in [-0.05, 0) is 18.6 Å². The first-order chi connectivity index (χ1) is 7.24. The number of pyridine rings is 1. The predicted octanol–water partition coefficient (Wildman–Crippen LogP) is 0.987. The van der Waals surface area contributed by atoms with Gasteiger partial charge in [-0.1, -0.05) is 6.07 Å². The van der Waals surface area contributed by atoms with Gasteiger partial charge in [-0.25, -0.2) is 4.98 Å². The van der Waals surface area contributed by atoms with E-state index >= 15 is 0 Å². The zero-order valence-corrected chi connectivity index (χ0v) is 8.50. The number of methoxy groups -OCH3 is 1. The molecule has 1 rings (SSSR count). The van der Waals surface area contributed by atoms with Crippen molar-refractivity contribution in [3.05, 3.63) is 29.8 Å². The average Bonchev–Trinajstić information content (AvgIpc) is 2.24. The minimum Gasteiger partial charge on any atom is -0.385 e. The maximum Gasteiger partial charge on any atom is 0.269 e. The van der Waals surface area contributed by atoms with Gasteiger partial charge in [-0.3, -0.25) is 4.79 Å². The smallest absolute Gasteiger partial charge is 0.269 e. The Hall–Kier alpha value is -1.49. The summed E-state index contributed by atoms with van der Waals surface area (Å²) in [5.41, 5.74) is 0.0902. The van der Waals surface area contributed by atoms with Gasteiger partial charge in [-0.15, -0.1) is 0 Å². The van der Waals surface area contributed by atoms with Gasteiger partial charge in [0.1, 0.15) is 5.69 Å². The molecule has 82 valence electrons. The number of hydrogen-bond acceptors (Lipinski definition) is 3. The van der Waals surface area contributed by atoms with Crippen LogP contribution >= 0.6 is 0 Å². The van der Waals surface area contributed by atoms with E-state index in [1.807, 2.05) is 0 Å². The first-order valence-electron chi connectivity index (χ1n) is 4.63. The Kier molecular flexibility index (Phi) is 4.70. The molecule has 1 aromatic rings. The quantitative estimate of drug-likeness (QED) is 0.585. The molecule has 0 saturated carbocycles. The van der Waals surface area contributed by atoms with Crippen LogP contribution < -0.4 is 5.32 Å². The lowest BCUT2D eigenvalue weighted by Crippen LogP contribution is -2.26. The van der Waals surface area contributed by atoms with Crippen molar-refractivity contribution < 1.29 is 13.9 Å². The Balaban J connectivity index is 2.40. The molecule has 1 heterocycles. The first-order valence-corrected chi connectivity index (χ1v) is 4.63. The molecule has 0 aliphatic carbocycles. The third-order valence-electron chi connectivity index (χ3n) is 1.76. The minimum atomic E-state index is -0.653. The summed E-state index contributed by atoms with van der Waals surface area (Å²) in [6.07, 6.45) is 0.720. The number of rotatable bonds is 5. The number of carbonyl (C=O) groups is 1. The molecule has 0 unspecified atom stereocenters. The number of halogens is 1. The lowest BCUT2D eigenvalue weighted by Gasteiger charge is -2.03. The molecule has 0 aliphatic rings. The van der Waals surface area contributed by atoms with Crippen LogP contribution in [-0.2, 0) is 4.74 Å². The van der Waals surface area contributed by atoms with Crippen LogP contribution in [0.1, 0.15) is 16.9 Å². The Bertz CT molecular complexity index is 331. The summed E-state index contributed by atoms with van der Waals surface area (Å²) in [4.78, 5) is 14.8. The van der Waals surface area contributed by atoms with Gasteiger partial charge in [0, 0.05) is 20.3 Å². The zero-order chi connectivity index (χ0) is 11.1. The fourth-order valence-electron chi connectivity index (χ4n) is 1.04. The van der Waals surface area contributed by atoms with Crippen LogP contribution in [0.4, 0.5) is 4.39 Å². The maximum absolute atomic E-state index is 12.7. The van der Waals surface area contributed by atoms with E-state index in [4.69, 9.17) is 4.74 Å². The monoisotopic (exact) mass is 212 g/mol. The van der Waals surface area contributed by atoms with E-state index < -0.39 is 5.95 Å². The first kappa shape index (κ1) is 11.6. The summed E-state index contributed by atoms with van der Waals surface area (Å²) in [5, 5.41) is 2.61. The molecule has 0 bridgehead atoms. The molecule has 0 aromatic carbocycles. The van der Waals surface area contributed by atoms with Crippen LogP contribution in [0.25, 0.3) is 0 Å². The molecule has 4 nitrogen and oxygen atoms in total. The highest BCUT2D eigenvalue weighted by Crippen LogP contribution is 1.97. The Labute approximate surface area is 87.5 Å². The summed E-state index contributed by atoms with van der Waals surface area (Å²) in [7, 11) is 1.59. The summed E-state index contributed by atoms with van der Waals surface area (Å²) in [5.74, 6) is -1.02. The molecule has 0 saturated heterocycles. The highest BCUT2D eigenvalue weighted by molar-refractivity contribution is 5.92. The van der Waals surface area contributed by atoms with Crippen molar-refractivity contribution in [2.24, 2.45) is 0 Å². The molecule has 0 spiro atoms. The van der Waals surface area contributed by atoms with Crippen LogP contribution in [0, 0.1) is 5.95 Å². The van der Waals surface area contributed by atoms with Crippen molar-refractivity contribution in [2.75, 3.05) is 20.3 Å². The molecular weight excluding hydrogens is 199 g/mol. The Morgan fingerprint density at radius 1 is 1.60 bits per heavy atom. The van der Waals surface area contributed by atoms with Gasteiger partial charge in [0.05, 0.1) is 0 Å². The molecule has 15 heavy (non-hydrogen) atoms. The van der Waals surface area contributed by atoms with Crippen molar-refractivity contribution >= 4 is 5.91 Å². The van der Waals surface area contributed by atoms with Crippen LogP contribution in [0.5, 0.6) is 0 Å². The molecule has 1 aromatic heterocycles. The largest absolute Gasteiger partial charge is 0.385 e. The van der Waals surface area contributed by atoms with Crippen LogP contribution in [-0.4, -0.2) is 31.2 Å². The second kappa shape index (κ2) is 6.08. The van der Waals surface area contributed by atoms with E-state index in [1.165, 1.54) is 18.2 Å². The third kappa shape index (κ3) is 4.03. The number of nitrogens with zero attached hydrogens (tertiary/aromatic N) is 1. The molecule has 1 N–H and O–H groups in total. The van der Waals surface area contributed by atoms with E-state index in [0.29, 0.717) is 13.2 Å². The number of ether oxygens (including phenoxy) is 1. The second-order valence-electron chi connectivity index (χ2n) is 2.95. The van der Waals surface area contributed by atoms with Gasteiger partial charge >= 0.3 is 0 Å². The second-order valence-corrected chi connectivity index (χ2v) is 2.95. The fourth-order valence-corrected chi connectivity index (χ4v) is 1.04. The van der Waals surface area contributed by atoms with Crippen molar-refractivity contribution in [1.29, 1.82) is 0 Å². The Morgan fingerprint density at radius 3 is 3.07 bits per heavy atom. The number of aromatic nitrogens is 1. The minimum absolute atomic E-state index is 0.0902. The third-order valence-corrected chi connectivity index (χ3v) is 1.76. The molecule has 0 fully saturated rings. The zero-order valence-electron chi connectivity index (χ0n) is 8.50. The van der Waals surface area contributed by atoms with Gasteiger partial charge < -0.3 is 10.1 Å². The predicted molar refractivity (Wildman–Crippen MR) is 53.0 cm³/mol. The highest BCUT2D eigenvalue weighted by atomic mass is 19.1. The lowest BCUT2D eigenvalue weighted by molar-refractivity contribution is 0.0942. The van der Waals surface area contributed by atoms with E-state index in [0.717, 1.165) is 6.42 Å². The number of amides is 1. The summed E-state index contributed by atoms with van der Waals surface area (Å²) < 4.78 is 17.5. The van der Waals surface area contributed by atoms with E-state index in [1.54, 1.807) is 7.11 Å². The van der Waals surface area contributed by atoms with Gasteiger partial charge in [0.25, 0.3) is 5.91 Å². The van der Waals surface area contributed by atoms with Gasteiger partial charge in [0.2, 0.25) is 5.95 Å². The summed E-state index contributed by atoms with van der Waals surface area (Å²) in [6, 6.07) is 4.11. The normalized spacial score (nSPS) is 10.0. The molecule has 5 heteroatoms. The van der Waals surface area contributed by atoms with Crippen molar-refractivity contribution in [3.8, 4) is 0 Å².